The van der Waals surface area contributed by atoms with E-state index in [1.807, 2.05) is 13.8 Å². The first kappa shape index (κ1) is 34.4. The number of nitrogens with one attached hydrogen (secondary N) is 1. The van der Waals surface area contributed by atoms with Crippen LogP contribution in [0, 0.1) is 0 Å². The number of carbonyl (C=O) groups is 3. The highest BCUT2D eigenvalue weighted by Crippen LogP contribution is 2.31. The van der Waals surface area contributed by atoms with Gasteiger partial charge in [0.25, 0.3) is 0 Å². The van der Waals surface area contributed by atoms with Gasteiger partial charge in [0, 0.05) is 39.1 Å². The SMILES string of the molecule is CCN(CC)c1ncc(N(CC)C(=O)C(F)(F)F)c(N[C@@H](Cc2ccc(OC(=O)N3CCCC3)cc2)C(=O)OC(C)(C)C)n1. The highest BCUT2D eigenvalue weighted by Gasteiger charge is 2.43. The Morgan fingerprint density at radius 2 is 1.61 bits per heavy atom. The first-order valence-corrected chi connectivity index (χ1v) is 14.7. The van der Waals surface area contributed by atoms with Crippen LogP contribution in [0.4, 0.5) is 35.4 Å². The molecule has 1 atom stereocenters. The molecule has 1 saturated heterocycles. The molecule has 0 aliphatic carbocycles. The second kappa shape index (κ2) is 14.6. The average molecular weight is 623 g/mol. The lowest BCUT2D eigenvalue weighted by molar-refractivity contribution is -0.170. The molecule has 0 saturated carbocycles. The van der Waals surface area contributed by atoms with E-state index < -0.39 is 35.8 Å². The fraction of sp³-hybridized carbons (Fsp3) is 0.567. The van der Waals surface area contributed by atoms with Crippen molar-refractivity contribution in [2.45, 2.75) is 78.6 Å². The number of esters is 1. The van der Waals surface area contributed by atoms with Gasteiger partial charge in [-0.1, -0.05) is 12.1 Å². The third kappa shape index (κ3) is 9.20. The van der Waals surface area contributed by atoms with E-state index in [2.05, 4.69) is 15.3 Å². The van der Waals surface area contributed by atoms with E-state index in [-0.39, 0.29) is 30.4 Å². The number of nitrogens with zero attached hydrogens (tertiary/aromatic N) is 5. The van der Waals surface area contributed by atoms with Gasteiger partial charge in [-0.2, -0.15) is 18.2 Å². The quantitative estimate of drug-likeness (QED) is 0.338. The molecule has 3 rings (SSSR count). The van der Waals surface area contributed by atoms with Gasteiger partial charge in [-0.05, 0) is 72.1 Å². The zero-order valence-electron chi connectivity index (χ0n) is 26.0. The molecule has 2 aromatic rings. The maximum Gasteiger partial charge on any atom is 0.471 e. The standard InChI is InChI=1S/C30H41F3N6O5/c1-7-37(8-2)27-34-19-23(39(9-3)26(41)30(31,32)33)24(36-27)35-22(25(40)44-29(4,5)6)18-20-12-14-21(15-13-20)43-28(42)38-16-10-11-17-38/h12-15,19,22H,7-11,16-18H2,1-6H3,(H,34,35,36)/t22-/m0/s1. The fourth-order valence-electron chi connectivity index (χ4n) is 4.63. The molecule has 0 unspecified atom stereocenters. The largest absolute Gasteiger partial charge is 0.471 e. The Bertz CT molecular complexity index is 1290. The van der Waals surface area contributed by atoms with Crippen molar-refractivity contribution < 1.29 is 37.0 Å². The topological polar surface area (TPSA) is 117 Å². The summed E-state index contributed by atoms with van der Waals surface area (Å²) < 4.78 is 51.6. The summed E-state index contributed by atoms with van der Waals surface area (Å²) in [7, 11) is 0. The summed E-state index contributed by atoms with van der Waals surface area (Å²) in [5.74, 6) is -2.35. The van der Waals surface area contributed by atoms with Crippen molar-refractivity contribution in [3.05, 3.63) is 36.0 Å². The van der Waals surface area contributed by atoms with E-state index in [0.717, 1.165) is 19.0 Å². The molecule has 44 heavy (non-hydrogen) atoms. The predicted octanol–water partition coefficient (Wildman–Crippen LogP) is 5.20. The van der Waals surface area contributed by atoms with Crippen molar-refractivity contribution in [1.82, 2.24) is 14.9 Å². The normalized spacial score (nSPS) is 14.2. The number of amides is 2. The van der Waals surface area contributed by atoms with Crippen LogP contribution in [0.3, 0.4) is 0 Å². The van der Waals surface area contributed by atoms with Gasteiger partial charge in [0.15, 0.2) is 5.82 Å². The minimum atomic E-state index is -5.14. The van der Waals surface area contributed by atoms with Crippen molar-refractivity contribution in [2.75, 3.05) is 47.8 Å². The molecular weight excluding hydrogens is 581 g/mol. The molecule has 1 aliphatic heterocycles. The van der Waals surface area contributed by atoms with Crippen molar-refractivity contribution in [3.63, 3.8) is 0 Å². The Morgan fingerprint density at radius 3 is 2.14 bits per heavy atom. The summed E-state index contributed by atoms with van der Waals surface area (Å²) in [6.45, 7) is 12.2. The van der Waals surface area contributed by atoms with Gasteiger partial charge in [0.2, 0.25) is 5.95 Å². The molecule has 2 heterocycles. The number of benzene rings is 1. The van der Waals surface area contributed by atoms with Gasteiger partial charge in [-0.15, -0.1) is 0 Å². The summed E-state index contributed by atoms with van der Waals surface area (Å²) >= 11 is 0. The summed E-state index contributed by atoms with van der Waals surface area (Å²) in [4.78, 5) is 50.8. The van der Waals surface area contributed by atoms with Gasteiger partial charge in [0.05, 0.1) is 6.20 Å². The average Bonchev–Trinajstić information content (AvgIpc) is 3.50. The van der Waals surface area contributed by atoms with Gasteiger partial charge < -0.3 is 29.5 Å². The highest BCUT2D eigenvalue weighted by atomic mass is 19.4. The zero-order chi connectivity index (χ0) is 32.7. The Morgan fingerprint density at radius 1 is 1.00 bits per heavy atom. The Kier molecular flexibility index (Phi) is 11.4. The second-order valence-corrected chi connectivity index (χ2v) is 11.3. The molecule has 11 nitrogen and oxygen atoms in total. The van der Waals surface area contributed by atoms with E-state index in [0.29, 0.717) is 42.4 Å². The number of ether oxygens (including phenoxy) is 2. The number of hydrogen-bond acceptors (Lipinski definition) is 9. The maximum atomic E-state index is 13.5. The molecule has 1 N–H and O–H groups in total. The smallest absolute Gasteiger partial charge is 0.458 e. The number of aromatic nitrogens is 2. The van der Waals surface area contributed by atoms with E-state index >= 15 is 0 Å². The molecule has 1 aromatic heterocycles. The van der Waals surface area contributed by atoms with Crippen LogP contribution in [-0.2, 0) is 20.7 Å². The van der Waals surface area contributed by atoms with E-state index in [9.17, 15) is 27.6 Å². The molecule has 0 radical (unpaired) electrons. The molecule has 0 spiro atoms. The first-order valence-electron chi connectivity index (χ1n) is 14.7. The van der Waals surface area contributed by atoms with Crippen LogP contribution in [0.1, 0.15) is 59.9 Å². The third-order valence-electron chi connectivity index (χ3n) is 6.83. The van der Waals surface area contributed by atoms with E-state index in [4.69, 9.17) is 9.47 Å². The number of likely N-dealkylation sites (tertiary alicyclic amines) is 1. The number of hydrogen-bond donors (Lipinski definition) is 1. The Hall–Kier alpha value is -4.10. The Balaban J connectivity index is 1.97. The zero-order valence-corrected chi connectivity index (χ0v) is 26.0. The van der Waals surface area contributed by atoms with Gasteiger partial charge in [0.1, 0.15) is 23.1 Å². The molecule has 1 aromatic carbocycles. The monoisotopic (exact) mass is 622 g/mol. The van der Waals surface area contributed by atoms with Crippen LogP contribution in [0.25, 0.3) is 0 Å². The first-order chi connectivity index (χ1) is 20.7. The molecule has 1 aliphatic rings. The van der Waals surface area contributed by atoms with Crippen molar-refractivity contribution in [1.29, 1.82) is 0 Å². The summed E-state index contributed by atoms with van der Waals surface area (Å²) in [5.41, 5.74) is -0.455. The van der Waals surface area contributed by atoms with Crippen LogP contribution >= 0.6 is 0 Å². The number of carbonyl (C=O) groups excluding carboxylic acids is 3. The van der Waals surface area contributed by atoms with Crippen LogP contribution in [0.5, 0.6) is 5.75 Å². The number of anilines is 3. The minimum absolute atomic E-state index is 0.0403. The molecule has 2 amide bonds. The molecular formula is C30H41F3N6O5. The maximum absolute atomic E-state index is 13.5. The van der Waals surface area contributed by atoms with Crippen LogP contribution < -0.4 is 19.9 Å². The summed E-state index contributed by atoms with van der Waals surface area (Å²) in [6, 6.07) is 5.44. The van der Waals surface area contributed by atoms with Crippen molar-refractivity contribution >= 4 is 35.4 Å². The van der Waals surface area contributed by atoms with E-state index in [1.54, 1.807) is 54.8 Å². The lowest BCUT2D eigenvalue weighted by atomic mass is 10.0. The van der Waals surface area contributed by atoms with Crippen molar-refractivity contribution in [2.24, 2.45) is 0 Å². The lowest BCUT2D eigenvalue weighted by Crippen LogP contribution is -2.43. The van der Waals surface area contributed by atoms with Gasteiger partial charge >= 0.3 is 24.1 Å². The molecule has 242 valence electrons. The third-order valence-corrected chi connectivity index (χ3v) is 6.83. The van der Waals surface area contributed by atoms with Crippen LogP contribution in [0.15, 0.2) is 30.5 Å². The van der Waals surface area contributed by atoms with Gasteiger partial charge in [-0.3, -0.25) is 4.79 Å². The van der Waals surface area contributed by atoms with Crippen LogP contribution in [-0.4, -0.2) is 83.4 Å². The second-order valence-electron chi connectivity index (χ2n) is 11.3. The fourth-order valence-corrected chi connectivity index (χ4v) is 4.63. The Labute approximate surface area is 255 Å². The van der Waals surface area contributed by atoms with Gasteiger partial charge in [-0.25, -0.2) is 14.6 Å². The summed E-state index contributed by atoms with van der Waals surface area (Å²) in [6.07, 6.45) is -2.53. The highest BCUT2D eigenvalue weighted by molar-refractivity contribution is 5.99. The van der Waals surface area contributed by atoms with Crippen LogP contribution in [0.2, 0.25) is 0 Å². The summed E-state index contributed by atoms with van der Waals surface area (Å²) in [5, 5.41) is 2.96. The van der Waals surface area contributed by atoms with E-state index in [1.165, 1.54) is 6.92 Å². The predicted molar refractivity (Wildman–Crippen MR) is 160 cm³/mol. The molecule has 14 heteroatoms. The number of halogens is 3. The van der Waals surface area contributed by atoms with Crippen molar-refractivity contribution in [3.8, 4) is 5.75 Å². The lowest BCUT2D eigenvalue weighted by Gasteiger charge is -2.29. The minimum Gasteiger partial charge on any atom is -0.458 e. The number of rotatable bonds is 11. The number of alkyl halides is 3. The molecule has 1 fully saturated rings. The molecule has 0 bridgehead atoms.